The largest absolute Gasteiger partial charge is 0.417 e. The van der Waals surface area contributed by atoms with Gasteiger partial charge in [0, 0.05) is 44.2 Å². The van der Waals surface area contributed by atoms with E-state index in [1.54, 1.807) is 0 Å². The number of carbonyl (C=O) groups excluding carboxylic acids is 1. The van der Waals surface area contributed by atoms with Crippen LogP contribution in [0.3, 0.4) is 0 Å². The number of piperidine rings is 1. The first-order chi connectivity index (χ1) is 20.2. The number of carbonyl (C=O) groups is 1. The third-order valence-electron chi connectivity index (χ3n) is 8.44. The Morgan fingerprint density at radius 2 is 1.73 bits per heavy atom. The van der Waals surface area contributed by atoms with Crippen molar-refractivity contribution in [2.24, 2.45) is 5.73 Å². The van der Waals surface area contributed by atoms with Gasteiger partial charge >= 0.3 is 24.6 Å². The maximum absolute atomic E-state index is 13.4. The van der Waals surface area contributed by atoms with E-state index in [-0.39, 0.29) is 53.2 Å². The first-order valence-electron chi connectivity index (χ1n) is 13.2. The van der Waals surface area contributed by atoms with Crippen molar-refractivity contribution in [2.75, 3.05) is 29.9 Å². The summed E-state index contributed by atoms with van der Waals surface area (Å²) in [4.78, 5) is 19.7. The number of likely N-dealkylation sites (tertiary alicyclic amines) is 1. The van der Waals surface area contributed by atoms with Gasteiger partial charge < -0.3 is 26.0 Å². The van der Waals surface area contributed by atoms with Crippen molar-refractivity contribution < 1.29 is 49.4 Å². The van der Waals surface area contributed by atoms with Crippen LogP contribution in [-0.4, -0.2) is 95.8 Å². The van der Waals surface area contributed by atoms with Gasteiger partial charge in [-0.2, -0.15) is 49.7 Å². The average molecular weight is 641 g/mol. The van der Waals surface area contributed by atoms with Gasteiger partial charge in [-0.3, -0.25) is 14.8 Å². The fourth-order valence-electron chi connectivity index (χ4n) is 5.85. The maximum atomic E-state index is 13.4. The number of hydrogen-bond acceptors (Lipinski definition) is 7. The number of halogens is 9. The topological polar surface area (TPSA) is 141 Å². The van der Waals surface area contributed by atoms with Gasteiger partial charge in [0.1, 0.15) is 17.8 Å². The van der Waals surface area contributed by atoms with Crippen LogP contribution in [-0.2, 0) is 6.54 Å². The van der Waals surface area contributed by atoms with Crippen molar-refractivity contribution in [1.82, 2.24) is 29.9 Å². The molecule has 0 bridgehead atoms. The third-order valence-corrected chi connectivity index (χ3v) is 8.44. The molecule has 1 atom stereocenters. The van der Waals surface area contributed by atoms with Crippen LogP contribution in [0, 0.1) is 0 Å². The van der Waals surface area contributed by atoms with E-state index < -0.39 is 73.7 Å². The molecule has 5 heterocycles. The summed E-state index contributed by atoms with van der Waals surface area (Å²) in [6.45, 7) is -3.41. The molecule has 2 aliphatic heterocycles. The zero-order valence-electron chi connectivity index (χ0n) is 22.4. The molecular weight excluding hydrogens is 617 g/mol. The van der Waals surface area contributed by atoms with Gasteiger partial charge in [-0.05, 0) is 18.9 Å². The molecule has 44 heavy (non-hydrogen) atoms. The number of pyridine rings is 1. The van der Waals surface area contributed by atoms with Crippen LogP contribution >= 0.6 is 0 Å². The number of urea groups is 1. The van der Waals surface area contributed by atoms with Gasteiger partial charge in [0.2, 0.25) is 0 Å². The highest BCUT2D eigenvalue weighted by atomic mass is 19.4. The van der Waals surface area contributed by atoms with E-state index in [2.05, 4.69) is 25.6 Å². The summed E-state index contributed by atoms with van der Waals surface area (Å²) in [5.41, 5.74) is -1.35. The summed E-state index contributed by atoms with van der Waals surface area (Å²) in [7, 11) is 0. The lowest BCUT2D eigenvalue weighted by molar-refractivity contribution is -0.277. The van der Waals surface area contributed by atoms with Gasteiger partial charge in [-0.15, -0.1) is 0 Å². The Morgan fingerprint density at radius 3 is 2.32 bits per heavy atom. The number of nitrogens with one attached hydrogen (secondary N) is 2. The smallest absolute Gasteiger partial charge is 0.380 e. The molecule has 0 radical (unpaired) electrons. The Balaban J connectivity index is 1.27. The van der Waals surface area contributed by atoms with Crippen LogP contribution in [0.4, 0.5) is 55.8 Å². The number of nitrogens with zero attached hydrogens (tertiary/aromatic N) is 6. The van der Waals surface area contributed by atoms with Gasteiger partial charge in [0.25, 0.3) is 0 Å². The normalized spacial score (nSPS) is 23.2. The first-order valence-corrected chi connectivity index (χ1v) is 13.2. The molecule has 240 valence electrons. The van der Waals surface area contributed by atoms with E-state index >= 15 is 0 Å². The molecule has 3 fully saturated rings. The summed E-state index contributed by atoms with van der Waals surface area (Å²) in [5, 5.41) is 23.1. The molecule has 3 aromatic rings. The summed E-state index contributed by atoms with van der Waals surface area (Å²) < 4.78 is 121. The SMILES string of the molecule is NC1(C(F)(F)F)CN(c2nn(CC(F)(F)F)c3cc(-c4[nH]ncc4NC(=O)N4CCC(O)(C(F)(F)F)CC45CC5)ncc23)C1. The number of hydrogen-bond donors (Lipinski definition) is 4. The predicted molar refractivity (Wildman–Crippen MR) is 134 cm³/mol. The van der Waals surface area contributed by atoms with E-state index in [9.17, 15) is 49.4 Å². The Bertz CT molecular complexity index is 1600. The predicted octanol–water partition coefficient (Wildman–Crippen LogP) is 3.92. The van der Waals surface area contributed by atoms with Crippen molar-refractivity contribution in [3.05, 3.63) is 18.5 Å². The lowest BCUT2D eigenvalue weighted by Gasteiger charge is -2.48. The van der Waals surface area contributed by atoms with Gasteiger partial charge in [0.15, 0.2) is 11.4 Å². The first kappa shape index (κ1) is 30.2. The molecule has 2 amide bonds. The summed E-state index contributed by atoms with van der Waals surface area (Å²) in [6, 6.07) is 0.416. The van der Waals surface area contributed by atoms with Crippen molar-refractivity contribution in [3.8, 4) is 11.4 Å². The number of aliphatic hydroxyl groups is 1. The number of nitrogens with two attached hydrogens (primary N) is 1. The highest BCUT2D eigenvalue weighted by Crippen LogP contribution is 2.55. The maximum Gasteiger partial charge on any atom is 0.417 e. The number of aromatic nitrogens is 5. The second kappa shape index (κ2) is 9.35. The Hall–Kier alpha value is -3.81. The lowest BCUT2D eigenvalue weighted by atomic mass is 9.84. The minimum absolute atomic E-state index is 0.0113. The monoisotopic (exact) mass is 641 g/mol. The number of H-pyrrole nitrogens is 1. The minimum atomic E-state index is -4.87. The number of amides is 2. The minimum Gasteiger partial charge on any atom is -0.380 e. The average Bonchev–Trinajstić information content (AvgIpc) is 3.31. The number of alkyl halides is 9. The van der Waals surface area contributed by atoms with E-state index in [0.717, 1.165) is 11.1 Å². The Kier molecular flexibility index (Phi) is 6.42. The number of aromatic amines is 1. The van der Waals surface area contributed by atoms with E-state index in [1.807, 2.05) is 0 Å². The molecule has 2 saturated heterocycles. The Labute approximate surface area is 241 Å². The fraction of sp³-hybridized carbons (Fsp3) is 0.583. The molecule has 1 spiro atoms. The standard InChI is InChI=1S/C24H24F9N9O2/c25-22(26,27)11-42-15-5-13(35-6-12(15)17(39-42)40-9-20(34,10-40)23(28,29)30)16-14(7-36-38-16)37-18(43)41-4-3-21(44,24(31,32)33)8-19(41)1-2-19/h5-7,44H,1-4,8-11,34H2,(H,36,38)(H,37,43). The molecule has 20 heteroatoms. The summed E-state index contributed by atoms with van der Waals surface area (Å²) >= 11 is 0. The zero-order chi connectivity index (χ0) is 32.1. The van der Waals surface area contributed by atoms with Gasteiger partial charge in [-0.1, -0.05) is 0 Å². The fourth-order valence-corrected chi connectivity index (χ4v) is 5.85. The molecule has 3 aliphatic rings. The third kappa shape index (κ3) is 4.96. The molecule has 1 aliphatic carbocycles. The highest BCUT2D eigenvalue weighted by Gasteiger charge is 2.65. The zero-order valence-corrected chi connectivity index (χ0v) is 22.4. The van der Waals surface area contributed by atoms with E-state index in [1.165, 1.54) is 17.2 Å². The lowest BCUT2D eigenvalue weighted by Crippen LogP contribution is -2.74. The van der Waals surface area contributed by atoms with Crippen molar-refractivity contribution in [3.63, 3.8) is 0 Å². The van der Waals surface area contributed by atoms with Gasteiger partial charge in [-0.25, -0.2) is 4.79 Å². The quantitative estimate of drug-likeness (QED) is 0.317. The second-order valence-electron chi connectivity index (χ2n) is 11.6. The van der Waals surface area contributed by atoms with Crippen LogP contribution in [0.15, 0.2) is 18.5 Å². The van der Waals surface area contributed by atoms with Crippen molar-refractivity contribution in [2.45, 2.75) is 67.4 Å². The molecule has 0 aromatic carbocycles. The molecule has 1 saturated carbocycles. The molecule has 11 nitrogen and oxygen atoms in total. The van der Waals surface area contributed by atoms with Crippen LogP contribution in [0.2, 0.25) is 0 Å². The van der Waals surface area contributed by atoms with Crippen LogP contribution in [0.25, 0.3) is 22.3 Å². The number of rotatable bonds is 4. The molecule has 1 unspecified atom stereocenters. The summed E-state index contributed by atoms with van der Waals surface area (Å²) in [6.07, 6.45) is -12.9. The van der Waals surface area contributed by atoms with Crippen LogP contribution < -0.4 is 16.0 Å². The molecule has 5 N–H and O–H groups in total. The molecule has 3 aromatic heterocycles. The van der Waals surface area contributed by atoms with Crippen LogP contribution in [0.1, 0.15) is 25.7 Å². The van der Waals surface area contributed by atoms with Gasteiger partial charge in [0.05, 0.1) is 28.5 Å². The molecular formula is C24H24F9N9O2. The van der Waals surface area contributed by atoms with E-state index in [0.29, 0.717) is 4.68 Å². The number of fused-ring (bicyclic) bond motifs is 1. The van der Waals surface area contributed by atoms with Crippen molar-refractivity contribution >= 4 is 28.4 Å². The van der Waals surface area contributed by atoms with E-state index in [4.69, 9.17) is 5.73 Å². The van der Waals surface area contributed by atoms with Crippen LogP contribution in [0.5, 0.6) is 0 Å². The summed E-state index contributed by atoms with van der Waals surface area (Å²) in [5.74, 6) is -0.176. The Morgan fingerprint density at radius 1 is 1.05 bits per heavy atom. The van der Waals surface area contributed by atoms with Crippen molar-refractivity contribution in [1.29, 1.82) is 0 Å². The number of anilines is 2. The molecule has 6 rings (SSSR count). The highest BCUT2D eigenvalue weighted by molar-refractivity contribution is 5.96. The second-order valence-corrected chi connectivity index (χ2v) is 11.6.